The summed E-state index contributed by atoms with van der Waals surface area (Å²) in [5.74, 6) is -0.208. The third-order valence-electron chi connectivity index (χ3n) is 4.06. The predicted molar refractivity (Wildman–Crippen MR) is 80.4 cm³/mol. The van der Waals surface area contributed by atoms with E-state index in [2.05, 4.69) is 0 Å². The molecule has 138 valence electrons. The maximum Gasteiger partial charge on any atom is 0.186 e. The normalized spacial score (nSPS) is 35.1. The summed E-state index contributed by atoms with van der Waals surface area (Å²) in [5.41, 5.74) is -0.926. The smallest absolute Gasteiger partial charge is 0.186 e. The second-order valence-electron chi connectivity index (χ2n) is 6.87. The van der Waals surface area contributed by atoms with Crippen molar-refractivity contribution in [1.29, 1.82) is 0 Å². The molecule has 0 amide bonds. The zero-order chi connectivity index (χ0) is 17.8. The van der Waals surface area contributed by atoms with E-state index >= 15 is 0 Å². The molecule has 23 heavy (non-hydrogen) atoms. The molecule has 0 bridgehead atoms. The van der Waals surface area contributed by atoms with Crippen LogP contribution in [0.25, 0.3) is 0 Å². The van der Waals surface area contributed by atoms with E-state index in [9.17, 15) is 25.5 Å². The van der Waals surface area contributed by atoms with Gasteiger partial charge in [-0.2, -0.15) is 0 Å². The van der Waals surface area contributed by atoms with Crippen LogP contribution >= 0.6 is 0 Å². The van der Waals surface area contributed by atoms with Crippen molar-refractivity contribution >= 4 is 0 Å². The molecular formula is C15H30O8. The molecule has 8 nitrogen and oxygen atoms in total. The van der Waals surface area contributed by atoms with Crippen molar-refractivity contribution in [3.63, 3.8) is 0 Å². The second kappa shape index (κ2) is 8.68. The first-order valence-electron chi connectivity index (χ1n) is 7.89. The van der Waals surface area contributed by atoms with Crippen LogP contribution in [0.5, 0.6) is 0 Å². The third-order valence-corrected chi connectivity index (χ3v) is 4.06. The summed E-state index contributed by atoms with van der Waals surface area (Å²) in [7, 11) is 0. The van der Waals surface area contributed by atoms with Gasteiger partial charge in [0.05, 0.1) is 24.9 Å². The highest BCUT2D eigenvalue weighted by Crippen LogP contribution is 2.25. The SMILES string of the molecule is CC(O)C(CCOC1OC(CO)C(O)C(O)C1O)CC(C)(C)O. The van der Waals surface area contributed by atoms with Gasteiger partial charge in [-0.15, -0.1) is 0 Å². The molecule has 1 rings (SSSR count). The minimum absolute atomic E-state index is 0.119. The Morgan fingerprint density at radius 2 is 1.74 bits per heavy atom. The first-order valence-corrected chi connectivity index (χ1v) is 7.89. The van der Waals surface area contributed by atoms with Gasteiger partial charge in [0, 0.05) is 0 Å². The quantitative estimate of drug-likeness (QED) is 0.309. The van der Waals surface area contributed by atoms with Crippen LogP contribution in [0.2, 0.25) is 0 Å². The van der Waals surface area contributed by atoms with Gasteiger partial charge >= 0.3 is 0 Å². The summed E-state index contributed by atoms with van der Waals surface area (Å²) < 4.78 is 10.6. The van der Waals surface area contributed by atoms with Crippen molar-refractivity contribution in [1.82, 2.24) is 0 Å². The molecule has 0 aromatic heterocycles. The Morgan fingerprint density at radius 3 is 2.22 bits per heavy atom. The van der Waals surface area contributed by atoms with Gasteiger partial charge in [0.15, 0.2) is 6.29 Å². The van der Waals surface area contributed by atoms with E-state index in [4.69, 9.17) is 14.6 Å². The van der Waals surface area contributed by atoms with Gasteiger partial charge in [-0.3, -0.25) is 0 Å². The topological polar surface area (TPSA) is 140 Å². The highest BCUT2D eigenvalue weighted by molar-refractivity contribution is 4.89. The molecule has 1 fully saturated rings. The lowest BCUT2D eigenvalue weighted by atomic mass is 9.88. The van der Waals surface area contributed by atoms with Gasteiger partial charge in [-0.1, -0.05) is 0 Å². The van der Waals surface area contributed by atoms with Crippen LogP contribution in [0.1, 0.15) is 33.6 Å². The standard InChI is InChI=1S/C15H30O8/c1-8(17)9(6-15(2,3)21)4-5-22-14-13(20)12(19)11(18)10(7-16)23-14/h8-14,16-21H,4-7H2,1-3H3. The fourth-order valence-corrected chi connectivity index (χ4v) is 2.70. The van der Waals surface area contributed by atoms with Crippen LogP contribution in [-0.4, -0.2) is 86.3 Å². The van der Waals surface area contributed by atoms with Gasteiger partial charge in [-0.05, 0) is 39.5 Å². The fraction of sp³-hybridized carbons (Fsp3) is 1.00. The van der Waals surface area contributed by atoms with E-state index in [1.54, 1.807) is 20.8 Å². The summed E-state index contributed by atoms with van der Waals surface area (Å²) in [5, 5.41) is 57.9. The number of aliphatic hydroxyl groups excluding tert-OH is 5. The summed E-state index contributed by atoms with van der Waals surface area (Å²) in [6, 6.07) is 0. The lowest BCUT2D eigenvalue weighted by molar-refractivity contribution is -0.301. The minimum atomic E-state index is -1.48. The average Bonchev–Trinajstić information content (AvgIpc) is 2.44. The summed E-state index contributed by atoms with van der Waals surface area (Å²) >= 11 is 0. The molecule has 0 aromatic carbocycles. The first-order chi connectivity index (χ1) is 10.6. The Kier molecular flexibility index (Phi) is 7.82. The lowest BCUT2D eigenvalue weighted by Gasteiger charge is -2.39. The second-order valence-corrected chi connectivity index (χ2v) is 6.87. The van der Waals surface area contributed by atoms with Gasteiger partial charge in [0.2, 0.25) is 0 Å². The average molecular weight is 338 g/mol. The molecule has 0 spiro atoms. The number of ether oxygens (including phenoxy) is 2. The zero-order valence-corrected chi connectivity index (χ0v) is 13.9. The lowest BCUT2D eigenvalue weighted by Crippen LogP contribution is -2.59. The largest absolute Gasteiger partial charge is 0.394 e. The minimum Gasteiger partial charge on any atom is -0.394 e. The molecular weight excluding hydrogens is 308 g/mol. The van der Waals surface area contributed by atoms with E-state index in [0.717, 1.165) is 0 Å². The van der Waals surface area contributed by atoms with Crippen LogP contribution in [0.4, 0.5) is 0 Å². The Labute approximate surface area is 136 Å². The summed E-state index contributed by atoms with van der Waals surface area (Å²) in [6.07, 6.45) is -6.37. The van der Waals surface area contributed by atoms with E-state index in [0.29, 0.717) is 12.8 Å². The molecule has 0 saturated carbocycles. The molecule has 1 saturated heterocycles. The Balaban J connectivity index is 2.52. The molecule has 8 heteroatoms. The van der Waals surface area contributed by atoms with Crippen LogP contribution in [-0.2, 0) is 9.47 Å². The number of hydrogen-bond acceptors (Lipinski definition) is 8. The molecule has 1 heterocycles. The number of rotatable bonds is 8. The molecule has 7 atom stereocenters. The fourth-order valence-electron chi connectivity index (χ4n) is 2.70. The molecule has 0 radical (unpaired) electrons. The number of hydrogen-bond donors (Lipinski definition) is 6. The third kappa shape index (κ3) is 6.24. The summed E-state index contributed by atoms with van der Waals surface area (Å²) in [4.78, 5) is 0. The molecule has 0 aromatic rings. The van der Waals surface area contributed by atoms with Crippen molar-refractivity contribution in [2.45, 2.75) is 76.0 Å². The number of aliphatic hydroxyl groups is 6. The summed E-state index contributed by atoms with van der Waals surface area (Å²) in [6.45, 7) is 4.54. The maximum absolute atomic E-state index is 9.85. The van der Waals surface area contributed by atoms with Crippen molar-refractivity contribution < 1.29 is 40.1 Å². The Hall–Kier alpha value is -0.320. The van der Waals surface area contributed by atoms with Gasteiger partial charge in [0.25, 0.3) is 0 Å². The van der Waals surface area contributed by atoms with Crippen molar-refractivity contribution in [3.8, 4) is 0 Å². The van der Waals surface area contributed by atoms with E-state index in [-0.39, 0.29) is 12.5 Å². The first kappa shape index (κ1) is 20.7. The molecule has 7 unspecified atom stereocenters. The zero-order valence-electron chi connectivity index (χ0n) is 13.9. The highest BCUT2D eigenvalue weighted by Gasteiger charge is 2.44. The Morgan fingerprint density at radius 1 is 1.13 bits per heavy atom. The van der Waals surface area contributed by atoms with E-state index in [1.807, 2.05) is 0 Å². The van der Waals surface area contributed by atoms with Crippen LogP contribution < -0.4 is 0 Å². The molecule has 6 N–H and O–H groups in total. The monoisotopic (exact) mass is 338 g/mol. The van der Waals surface area contributed by atoms with Gasteiger partial charge in [-0.25, -0.2) is 0 Å². The predicted octanol–water partition coefficient (Wildman–Crippen LogP) is -1.65. The van der Waals surface area contributed by atoms with Crippen molar-refractivity contribution in [3.05, 3.63) is 0 Å². The van der Waals surface area contributed by atoms with E-state index in [1.165, 1.54) is 0 Å². The van der Waals surface area contributed by atoms with Crippen LogP contribution in [0, 0.1) is 5.92 Å². The maximum atomic E-state index is 9.85. The molecule has 1 aliphatic rings. The highest BCUT2D eigenvalue weighted by atomic mass is 16.7. The van der Waals surface area contributed by atoms with Crippen LogP contribution in [0.3, 0.4) is 0 Å². The molecule has 0 aliphatic carbocycles. The van der Waals surface area contributed by atoms with Crippen LogP contribution in [0.15, 0.2) is 0 Å². The Bertz CT molecular complexity index is 341. The van der Waals surface area contributed by atoms with Crippen molar-refractivity contribution in [2.75, 3.05) is 13.2 Å². The van der Waals surface area contributed by atoms with Gasteiger partial charge in [0.1, 0.15) is 24.4 Å². The van der Waals surface area contributed by atoms with Crippen molar-refractivity contribution in [2.24, 2.45) is 5.92 Å². The van der Waals surface area contributed by atoms with Gasteiger partial charge < -0.3 is 40.1 Å². The molecule has 1 aliphatic heterocycles. The van der Waals surface area contributed by atoms with E-state index < -0.39 is 49.0 Å².